The molecule has 0 amide bonds. The van der Waals surface area contributed by atoms with Crippen molar-refractivity contribution in [3.05, 3.63) is 89.9 Å². The number of furan rings is 1. The van der Waals surface area contributed by atoms with Gasteiger partial charge < -0.3 is 14.1 Å². The van der Waals surface area contributed by atoms with Crippen LogP contribution in [0.3, 0.4) is 0 Å². The lowest BCUT2D eigenvalue weighted by molar-refractivity contribution is 0.197. The van der Waals surface area contributed by atoms with Gasteiger partial charge in [0.25, 0.3) is 0 Å². The number of nitrogens with zero attached hydrogens (tertiary/aromatic N) is 6. The van der Waals surface area contributed by atoms with E-state index < -0.39 is 0 Å². The van der Waals surface area contributed by atoms with Crippen molar-refractivity contribution in [3.8, 4) is 5.75 Å². The van der Waals surface area contributed by atoms with Gasteiger partial charge in [-0.05, 0) is 40.8 Å². The monoisotopic (exact) mass is 448 g/mol. The van der Waals surface area contributed by atoms with Gasteiger partial charge in [-0.25, -0.2) is 9.07 Å². The van der Waals surface area contributed by atoms with E-state index in [1.165, 1.54) is 6.07 Å². The van der Waals surface area contributed by atoms with Crippen LogP contribution in [-0.4, -0.2) is 58.4 Å². The quantitative estimate of drug-likeness (QED) is 0.429. The van der Waals surface area contributed by atoms with E-state index in [9.17, 15) is 4.39 Å². The Kier molecular flexibility index (Phi) is 6.03. The van der Waals surface area contributed by atoms with Crippen LogP contribution in [0.2, 0.25) is 0 Å². The molecule has 8 nitrogen and oxygen atoms in total. The number of halogens is 1. The number of para-hydroxylation sites is 2. The van der Waals surface area contributed by atoms with Gasteiger partial charge in [0.15, 0.2) is 5.82 Å². The number of hydrogen-bond donors (Lipinski definition) is 0. The Labute approximate surface area is 191 Å². The second-order valence-electron chi connectivity index (χ2n) is 7.89. The van der Waals surface area contributed by atoms with Crippen molar-refractivity contribution in [2.24, 2.45) is 0 Å². The number of methoxy groups -OCH3 is 1. The molecule has 9 heteroatoms. The van der Waals surface area contributed by atoms with Crippen LogP contribution in [0.25, 0.3) is 0 Å². The minimum Gasteiger partial charge on any atom is -0.496 e. The van der Waals surface area contributed by atoms with Crippen LogP contribution in [0.4, 0.5) is 10.1 Å². The van der Waals surface area contributed by atoms with Gasteiger partial charge in [0.1, 0.15) is 29.9 Å². The summed E-state index contributed by atoms with van der Waals surface area (Å²) < 4.78 is 27.3. The lowest BCUT2D eigenvalue weighted by atomic mass is 10.0. The molecule has 5 rings (SSSR count). The lowest BCUT2D eigenvalue weighted by Crippen LogP contribution is -2.48. The Balaban J connectivity index is 1.46. The maximum atomic E-state index is 14.3. The normalized spacial score (nSPS) is 15.5. The minimum atomic E-state index is -0.228. The summed E-state index contributed by atoms with van der Waals surface area (Å²) in [5, 5.41) is 12.6. The smallest absolute Gasteiger partial charge is 0.173 e. The molecular formula is C24H25FN6O2. The third-order valence-electron chi connectivity index (χ3n) is 6.00. The van der Waals surface area contributed by atoms with Crippen LogP contribution in [-0.2, 0) is 6.54 Å². The number of rotatable bonds is 7. The third kappa shape index (κ3) is 4.31. The van der Waals surface area contributed by atoms with Crippen LogP contribution in [0.5, 0.6) is 5.75 Å². The van der Waals surface area contributed by atoms with Crippen molar-refractivity contribution >= 4 is 5.69 Å². The molecule has 2 aromatic heterocycles. The van der Waals surface area contributed by atoms with E-state index in [1.54, 1.807) is 24.1 Å². The molecule has 33 heavy (non-hydrogen) atoms. The minimum absolute atomic E-state index is 0.199. The van der Waals surface area contributed by atoms with Gasteiger partial charge in [0.05, 0.1) is 19.1 Å². The van der Waals surface area contributed by atoms with Gasteiger partial charge in [0.2, 0.25) is 0 Å². The van der Waals surface area contributed by atoms with E-state index in [1.807, 2.05) is 48.5 Å². The number of tetrazole rings is 1. The molecule has 1 aliphatic rings. The van der Waals surface area contributed by atoms with Gasteiger partial charge in [0, 0.05) is 31.7 Å². The number of ether oxygens (including phenoxy) is 1. The molecule has 1 atom stereocenters. The highest BCUT2D eigenvalue weighted by molar-refractivity contribution is 5.48. The van der Waals surface area contributed by atoms with Crippen molar-refractivity contribution in [3.63, 3.8) is 0 Å². The van der Waals surface area contributed by atoms with E-state index in [2.05, 4.69) is 25.3 Å². The van der Waals surface area contributed by atoms with Crippen molar-refractivity contribution < 1.29 is 13.5 Å². The van der Waals surface area contributed by atoms with Crippen molar-refractivity contribution in [1.29, 1.82) is 0 Å². The zero-order valence-electron chi connectivity index (χ0n) is 18.3. The Morgan fingerprint density at radius 2 is 1.79 bits per heavy atom. The zero-order valence-corrected chi connectivity index (χ0v) is 18.3. The largest absolute Gasteiger partial charge is 0.496 e. The van der Waals surface area contributed by atoms with Crippen LogP contribution in [0.1, 0.15) is 23.2 Å². The molecule has 1 aliphatic heterocycles. The third-order valence-corrected chi connectivity index (χ3v) is 6.00. The summed E-state index contributed by atoms with van der Waals surface area (Å²) in [7, 11) is 1.66. The molecular weight excluding hydrogens is 423 g/mol. The highest BCUT2D eigenvalue weighted by Gasteiger charge is 2.33. The molecule has 2 aromatic carbocycles. The highest BCUT2D eigenvalue weighted by Crippen LogP contribution is 2.35. The van der Waals surface area contributed by atoms with E-state index in [-0.39, 0.29) is 11.9 Å². The lowest BCUT2D eigenvalue weighted by Gasteiger charge is -2.40. The van der Waals surface area contributed by atoms with E-state index in [0.717, 1.165) is 17.1 Å². The first-order valence-corrected chi connectivity index (χ1v) is 10.9. The van der Waals surface area contributed by atoms with Gasteiger partial charge in [-0.15, -0.1) is 5.10 Å². The number of anilines is 1. The molecule has 1 unspecified atom stereocenters. The van der Waals surface area contributed by atoms with E-state index in [0.29, 0.717) is 44.2 Å². The molecule has 170 valence electrons. The average molecular weight is 449 g/mol. The second kappa shape index (κ2) is 9.41. The summed E-state index contributed by atoms with van der Waals surface area (Å²) in [5.74, 6) is 2.04. The molecule has 0 N–H and O–H groups in total. The van der Waals surface area contributed by atoms with Gasteiger partial charge >= 0.3 is 0 Å². The predicted octanol–water partition coefficient (Wildman–Crippen LogP) is 3.37. The summed E-state index contributed by atoms with van der Waals surface area (Å²) in [6.07, 6.45) is 1.64. The molecule has 3 heterocycles. The number of piperazine rings is 1. The van der Waals surface area contributed by atoms with Crippen molar-refractivity contribution in [2.75, 3.05) is 38.2 Å². The average Bonchev–Trinajstić information content (AvgIpc) is 3.53. The fourth-order valence-corrected chi connectivity index (χ4v) is 4.39. The molecule has 0 aliphatic carbocycles. The Morgan fingerprint density at radius 3 is 2.55 bits per heavy atom. The molecule has 1 saturated heterocycles. The van der Waals surface area contributed by atoms with Crippen LogP contribution in [0, 0.1) is 5.82 Å². The van der Waals surface area contributed by atoms with E-state index >= 15 is 0 Å². The fraction of sp³-hybridized carbons (Fsp3) is 0.292. The van der Waals surface area contributed by atoms with Gasteiger partial charge in [-0.2, -0.15) is 0 Å². The predicted molar refractivity (Wildman–Crippen MR) is 121 cm³/mol. The maximum Gasteiger partial charge on any atom is 0.173 e. The zero-order chi connectivity index (χ0) is 22.6. The standard InChI is InChI=1S/C24H25FN6O2/c1-32-22-11-5-2-8-19(22)23(24-26-27-28-31(24)17-18-7-6-16-33-18)30-14-12-29(13-15-30)21-10-4-3-9-20(21)25/h2-11,16,23H,12-15,17H2,1H3. The first-order valence-electron chi connectivity index (χ1n) is 10.9. The second-order valence-corrected chi connectivity index (χ2v) is 7.89. The Morgan fingerprint density at radius 1 is 1.00 bits per heavy atom. The van der Waals surface area contributed by atoms with Crippen molar-refractivity contribution in [1.82, 2.24) is 25.1 Å². The summed E-state index contributed by atoms with van der Waals surface area (Å²) in [4.78, 5) is 4.40. The molecule has 0 bridgehead atoms. The first kappa shape index (κ1) is 21.1. The molecule has 0 saturated carbocycles. The van der Waals surface area contributed by atoms with E-state index in [4.69, 9.17) is 9.15 Å². The maximum absolute atomic E-state index is 14.3. The molecule has 0 spiro atoms. The first-order chi connectivity index (χ1) is 16.2. The van der Waals surface area contributed by atoms with Crippen LogP contribution >= 0.6 is 0 Å². The number of benzene rings is 2. The topological polar surface area (TPSA) is 72.4 Å². The molecule has 1 fully saturated rings. The highest BCUT2D eigenvalue weighted by atomic mass is 19.1. The van der Waals surface area contributed by atoms with Crippen molar-refractivity contribution in [2.45, 2.75) is 12.6 Å². The van der Waals surface area contributed by atoms with Gasteiger partial charge in [-0.3, -0.25) is 4.90 Å². The summed E-state index contributed by atoms with van der Waals surface area (Å²) in [6.45, 7) is 3.23. The summed E-state index contributed by atoms with van der Waals surface area (Å²) in [5.41, 5.74) is 1.61. The van der Waals surface area contributed by atoms with Crippen LogP contribution in [0.15, 0.2) is 71.3 Å². The SMILES string of the molecule is COc1ccccc1C(c1nnnn1Cc1ccco1)N1CCN(c2ccccc2F)CC1. The fourth-order valence-electron chi connectivity index (χ4n) is 4.39. The molecule has 0 radical (unpaired) electrons. The van der Waals surface area contributed by atoms with Crippen LogP contribution < -0.4 is 9.64 Å². The van der Waals surface area contributed by atoms with Gasteiger partial charge in [-0.1, -0.05) is 30.3 Å². The number of aromatic nitrogens is 4. The summed E-state index contributed by atoms with van der Waals surface area (Å²) in [6, 6.07) is 18.3. The number of hydrogen-bond acceptors (Lipinski definition) is 7. The molecule has 4 aromatic rings. The Hall–Kier alpha value is -3.72. The Bertz CT molecular complexity index is 1190. The summed E-state index contributed by atoms with van der Waals surface area (Å²) >= 11 is 0.